The summed E-state index contributed by atoms with van der Waals surface area (Å²) in [7, 11) is -1.34. The average Bonchev–Trinajstić information content (AvgIpc) is 3.09. The van der Waals surface area contributed by atoms with E-state index in [2.05, 4.69) is 15.6 Å². The highest BCUT2D eigenvalue weighted by molar-refractivity contribution is 14.0. The summed E-state index contributed by atoms with van der Waals surface area (Å²) in [4.78, 5) is 4.12. The first-order valence-electron chi connectivity index (χ1n) is 8.79. The molecule has 1 heterocycles. The van der Waals surface area contributed by atoms with Crippen LogP contribution < -0.4 is 15.4 Å². The number of sulfone groups is 1. The maximum absolute atomic E-state index is 11.2. The number of hydrogen-bond acceptors (Lipinski definition) is 5. The molecule has 1 fully saturated rings. The molecule has 1 aromatic rings. The Morgan fingerprint density at radius 1 is 1.37 bits per heavy atom. The second-order valence-electron chi connectivity index (χ2n) is 6.63. The van der Waals surface area contributed by atoms with Crippen molar-refractivity contribution in [2.45, 2.75) is 19.9 Å². The van der Waals surface area contributed by atoms with E-state index in [0.29, 0.717) is 31.6 Å². The Morgan fingerprint density at radius 3 is 2.78 bits per heavy atom. The van der Waals surface area contributed by atoms with Gasteiger partial charge in [0.25, 0.3) is 0 Å². The number of guanidine groups is 1. The van der Waals surface area contributed by atoms with Gasteiger partial charge in [0.05, 0.1) is 19.0 Å². The summed E-state index contributed by atoms with van der Waals surface area (Å²) in [6.07, 6.45) is 2.26. The Labute approximate surface area is 179 Å². The number of halogens is 1. The standard InChI is InChI=1S/C18H29N3O4S.HI/c1-14-4-5-16(17(10-14)25-13-15-6-8-24-12-15)11-21-18(19-2)20-7-9-26(3,22)23;/h4-5,10,15H,6-9,11-13H2,1-3H3,(H2,19,20,21);1H. The summed E-state index contributed by atoms with van der Waals surface area (Å²) < 4.78 is 33.9. The van der Waals surface area contributed by atoms with Crippen LogP contribution in [0.5, 0.6) is 5.75 Å². The van der Waals surface area contributed by atoms with Gasteiger partial charge >= 0.3 is 0 Å². The van der Waals surface area contributed by atoms with Crippen LogP contribution in [-0.4, -0.2) is 59.8 Å². The van der Waals surface area contributed by atoms with Crippen LogP contribution in [-0.2, 0) is 21.1 Å². The SMILES string of the molecule is CN=C(NCCS(C)(=O)=O)NCc1ccc(C)cc1OCC1CCOC1.I. The molecule has 0 spiro atoms. The lowest BCUT2D eigenvalue weighted by molar-refractivity contribution is 0.166. The van der Waals surface area contributed by atoms with Crippen LogP contribution in [0.3, 0.4) is 0 Å². The van der Waals surface area contributed by atoms with Gasteiger partial charge in [0.2, 0.25) is 0 Å². The van der Waals surface area contributed by atoms with Crippen molar-refractivity contribution < 1.29 is 17.9 Å². The first-order valence-corrected chi connectivity index (χ1v) is 10.9. The minimum Gasteiger partial charge on any atom is -0.493 e. The average molecular weight is 511 g/mol. The zero-order chi connectivity index (χ0) is 19.0. The van der Waals surface area contributed by atoms with Gasteiger partial charge in [-0.2, -0.15) is 0 Å². The molecule has 0 aliphatic carbocycles. The van der Waals surface area contributed by atoms with Gasteiger partial charge in [-0.05, 0) is 25.0 Å². The second-order valence-corrected chi connectivity index (χ2v) is 8.89. The predicted octanol–water partition coefficient (Wildman–Crippen LogP) is 1.74. The van der Waals surface area contributed by atoms with E-state index >= 15 is 0 Å². The first-order chi connectivity index (χ1) is 12.4. The number of rotatable bonds is 8. The van der Waals surface area contributed by atoms with Gasteiger partial charge in [-0.3, -0.25) is 4.99 Å². The summed E-state index contributed by atoms with van der Waals surface area (Å²) in [5, 5.41) is 6.21. The van der Waals surface area contributed by atoms with Crippen LogP contribution in [0.15, 0.2) is 23.2 Å². The third-order valence-corrected chi connectivity index (χ3v) is 5.10. The van der Waals surface area contributed by atoms with Crippen LogP contribution in [0, 0.1) is 12.8 Å². The second kappa shape index (κ2) is 11.7. The molecule has 27 heavy (non-hydrogen) atoms. The van der Waals surface area contributed by atoms with Crippen molar-refractivity contribution in [1.29, 1.82) is 0 Å². The largest absolute Gasteiger partial charge is 0.493 e. The molecule has 0 bridgehead atoms. The van der Waals surface area contributed by atoms with E-state index in [0.717, 1.165) is 36.5 Å². The molecule has 1 atom stereocenters. The van der Waals surface area contributed by atoms with Crippen LogP contribution >= 0.6 is 24.0 Å². The third kappa shape index (κ3) is 9.11. The number of hydrogen-bond donors (Lipinski definition) is 2. The highest BCUT2D eigenvalue weighted by atomic mass is 127. The molecule has 0 radical (unpaired) electrons. The molecule has 0 amide bonds. The fourth-order valence-electron chi connectivity index (χ4n) is 2.62. The van der Waals surface area contributed by atoms with E-state index in [4.69, 9.17) is 9.47 Å². The third-order valence-electron chi connectivity index (χ3n) is 4.16. The van der Waals surface area contributed by atoms with Crippen molar-refractivity contribution in [2.24, 2.45) is 10.9 Å². The maximum atomic E-state index is 11.2. The molecule has 1 unspecified atom stereocenters. The lowest BCUT2D eigenvalue weighted by atomic mass is 10.1. The molecule has 1 aromatic carbocycles. The van der Waals surface area contributed by atoms with E-state index in [1.807, 2.05) is 25.1 Å². The molecule has 154 valence electrons. The van der Waals surface area contributed by atoms with E-state index in [-0.39, 0.29) is 29.7 Å². The van der Waals surface area contributed by atoms with Crippen molar-refractivity contribution in [2.75, 3.05) is 45.4 Å². The minimum atomic E-state index is -3.00. The number of aryl methyl sites for hydroxylation is 1. The molecule has 0 saturated carbocycles. The monoisotopic (exact) mass is 511 g/mol. The molecule has 1 saturated heterocycles. The van der Waals surface area contributed by atoms with Gasteiger partial charge in [0, 0.05) is 44.5 Å². The van der Waals surface area contributed by atoms with E-state index in [1.165, 1.54) is 6.26 Å². The number of benzene rings is 1. The van der Waals surface area contributed by atoms with Crippen LogP contribution in [0.4, 0.5) is 0 Å². The summed E-state index contributed by atoms with van der Waals surface area (Å²) in [6, 6.07) is 6.11. The lowest BCUT2D eigenvalue weighted by Crippen LogP contribution is -2.39. The van der Waals surface area contributed by atoms with Gasteiger partial charge < -0.3 is 20.1 Å². The molecular weight excluding hydrogens is 481 g/mol. The Morgan fingerprint density at radius 2 is 2.15 bits per heavy atom. The number of nitrogens with one attached hydrogen (secondary N) is 2. The van der Waals surface area contributed by atoms with Crippen molar-refractivity contribution in [1.82, 2.24) is 10.6 Å². The fraction of sp³-hybridized carbons (Fsp3) is 0.611. The highest BCUT2D eigenvalue weighted by Crippen LogP contribution is 2.22. The van der Waals surface area contributed by atoms with Gasteiger partial charge in [0.15, 0.2) is 5.96 Å². The highest BCUT2D eigenvalue weighted by Gasteiger charge is 2.17. The predicted molar refractivity (Wildman–Crippen MR) is 119 cm³/mol. The normalized spacial score (nSPS) is 17.3. The Hall–Kier alpha value is -1.07. The summed E-state index contributed by atoms with van der Waals surface area (Å²) in [5.74, 6) is 1.93. The summed E-state index contributed by atoms with van der Waals surface area (Å²) >= 11 is 0. The van der Waals surface area contributed by atoms with Gasteiger partial charge in [-0.25, -0.2) is 8.42 Å². The minimum absolute atomic E-state index is 0. The molecule has 1 aliphatic heterocycles. The number of nitrogens with zero attached hydrogens (tertiary/aromatic N) is 1. The number of aliphatic imine (C=N–C) groups is 1. The fourth-order valence-corrected chi connectivity index (χ4v) is 3.09. The first kappa shape index (κ1) is 24.0. The molecule has 7 nitrogen and oxygen atoms in total. The van der Waals surface area contributed by atoms with Crippen LogP contribution in [0.1, 0.15) is 17.5 Å². The van der Waals surface area contributed by atoms with Crippen LogP contribution in [0.2, 0.25) is 0 Å². The summed E-state index contributed by atoms with van der Waals surface area (Å²) in [6.45, 7) is 5.11. The lowest BCUT2D eigenvalue weighted by Gasteiger charge is -2.17. The molecule has 0 aromatic heterocycles. The van der Waals surface area contributed by atoms with Crippen LogP contribution in [0.25, 0.3) is 0 Å². The molecule has 2 rings (SSSR count). The molecule has 2 N–H and O–H groups in total. The van der Waals surface area contributed by atoms with E-state index in [1.54, 1.807) is 7.05 Å². The Kier molecular flexibility index (Phi) is 10.4. The summed E-state index contributed by atoms with van der Waals surface area (Å²) in [5.41, 5.74) is 2.17. The van der Waals surface area contributed by atoms with Gasteiger partial charge in [-0.1, -0.05) is 12.1 Å². The van der Waals surface area contributed by atoms with Gasteiger partial charge in [-0.15, -0.1) is 24.0 Å². The van der Waals surface area contributed by atoms with Crippen molar-refractivity contribution in [3.8, 4) is 5.75 Å². The van der Waals surface area contributed by atoms with Crippen molar-refractivity contribution >= 4 is 39.8 Å². The molecule has 9 heteroatoms. The smallest absolute Gasteiger partial charge is 0.191 e. The quantitative estimate of drug-likeness (QED) is 0.314. The van der Waals surface area contributed by atoms with Gasteiger partial charge in [0.1, 0.15) is 15.6 Å². The number of ether oxygens (including phenoxy) is 2. The maximum Gasteiger partial charge on any atom is 0.191 e. The Bertz CT molecular complexity index is 719. The van der Waals surface area contributed by atoms with E-state index < -0.39 is 9.84 Å². The molecule has 1 aliphatic rings. The zero-order valence-electron chi connectivity index (χ0n) is 16.2. The Balaban J connectivity index is 0.00000364. The molecular formula is C18H30IN3O4S. The zero-order valence-corrected chi connectivity index (χ0v) is 19.3. The van der Waals surface area contributed by atoms with Crippen molar-refractivity contribution in [3.05, 3.63) is 29.3 Å². The van der Waals surface area contributed by atoms with Crippen molar-refractivity contribution in [3.63, 3.8) is 0 Å². The van der Waals surface area contributed by atoms with E-state index in [9.17, 15) is 8.42 Å². The topological polar surface area (TPSA) is 89.0 Å².